The molecular formula is C30H33NO5. The molecule has 0 bridgehead atoms. The molecule has 0 saturated carbocycles. The lowest BCUT2D eigenvalue weighted by atomic mass is 9.94. The number of nitrogens with one attached hydrogen (secondary N) is 1. The minimum atomic E-state index is -0.992. The van der Waals surface area contributed by atoms with Crippen LogP contribution in [0.3, 0.4) is 0 Å². The normalized spacial score (nSPS) is 11.6. The van der Waals surface area contributed by atoms with Crippen molar-refractivity contribution in [3.63, 3.8) is 0 Å². The number of anilines is 1. The summed E-state index contributed by atoms with van der Waals surface area (Å²) in [6, 6.07) is 22.3. The van der Waals surface area contributed by atoms with E-state index in [0.717, 1.165) is 30.4 Å². The highest BCUT2D eigenvalue weighted by atomic mass is 16.5. The van der Waals surface area contributed by atoms with Gasteiger partial charge in [-0.05, 0) is 60.2 Å². The molecule has 0 radical (unpaired) electrons. The van der Waals surface area contributed by atoms with E-state index in [-0.39, 0.29) is 18.1 Å². The van der Waals surface area contributed by atoms with Crippen LogP contribution in [0, 0.1) is 5.92 Å². The molecule has 0 aliphatic rings. The third kappa shape index (κ3) is 7.62. The lowest BCUT2D eigenvalue weighted by Gasteiger charge is -2.11. The highest BCUT2D eigenvalue weighted by Gasteiger charge is 2.21. The van der Waals surface area contributed by atoms with Gasteiger partial charge in [0.15, 0.2) is 5.78 Å². The maximum absolute atomic E-state index is 12.6. The molecule has 188 valence electrons. The first-order valence-electron chi connectivity index (χ1n) is 12.3. The summed E-state index contributed by atoms with van der Waals surface area (Å²) in [5.74, 6) is -2.12. The summed E-state index contributed by atoms with van der Waals surface area (Å²) in [6.45, 7) is 2.46. The van der Waals surface area contributed by atoms with Gasteiger partial charge in [-0.25, -0.2) is 0 Å². The molecule has 1 amide bonds. The van der Waals surface area contributed by atoms with E-state index in [9.17, 15) is 19.5 Å². The topological polar surface area (TPSA) is 92.7 Å². The van der Waals surface area contributed by atoms with Crippen molar-refractivity contribution >= 4 is 23.3 Å². The van der Waals surface area contributed by atoms with Gasteiger partial charge >= 0.3 is 5.97 Å². The van der Waals surface area contributed by atoms with Crippen LogP contribution in [0.1, 0.15) is 58.9 Å². The lowest BCUT2D eigenvalue weighted by molar-refractivity contribution is -0.142. The number of aryl methyl sites for hydroxylation is 1. The fourth-order valence-corrected chi connectivity index (χ4v) is 3.92. The number of ether oxygens (including phenoxy) is 1. The number of hydrogen-bond donors (Lipinski definition) is 2. The first-order chi connectivity index (χ1) is 17.4. The van der Waals surface area contributed by atoms with Crippen molar-refractivity contribution in [3.8, 4) is 11.1 Å². The Hall–Kier alpha value is -3.77. The Balaban J connectivity index is 1.59. The molecule has 0 spiro atoms. The van der Waals surface area contributed by atoms with Gasteiger partial charge in [0.05, 0.1) is 5.92 Å². The smallest absolute Gasteiger partial charge is 0.307 e. The number of ketones is 1. The molecule has 0 saturated heterocycles. The minimum Gasteiger partial charge on any atom is -0.481 e. The molecule has 3 aromatic carbocycles. The number of benzene rings is 3. The van der Waals surface area contributed by atoms with E-state index in [1.54, 1.807) is 12.1 Å². The number of carboxylic acid groups (broad SMARTS) is 1. The van der Waals surface area contributed by atoms with Crippen molar-refractivity contribution in [3.05, 3.63) is 89.5 Å². The Morgan fingerprint density at radius 1 is 0.861 bits per heavy atom. The molecular weight excluding hydrogens is 454 g/mol. The van der Waals surface area contributed by atoms with E-state index in [2.05, 4.69) is 12.2 Å². The van der Waals surface area contributed by atoms with E-state index >= 15 is 0 Å². The molecule has 1 atom stereocenters. The summed E-state index contributed by atoms with van der Waals surface area (Å²) in [5, 5.41) is 12.3. The lowest BCUT2D eigenvalue weighted by Crippen LogP contribution is -2.19. The molecule has 36 heavy (non-hydrogen) atoms. The van der Waals surface area contributed by atoms with Crippen LogP contribution in [-0.4, -0.2) is 36.5 Å². The number of carboxylic acids is 1. The van der Waals surface area contributed by atoms with Crippen LogP contribution in [0.2, 0.25) is 0 Å². The number of Topliss-reactive ketones (excluding diaryl/α,β-unsaturated/α-hetero) is 1. The van der Waals surface area contributed by atoms with Crippen LogP contribution in [0.5, 0.6) is 0 Å². The van der Waals surface area contributed by atoms with Gasteiger partial charge in [-0.1, -0.05) is 61.9 Å². The SMILES string of the molecule is CCCCc1ccc(C(=O)Nc2ccc(-c3ccc(C(=O)CC(CCOC)C(=O)O)cc3)cc2)cc1. The third-order valence-electron chi connectivity index (χ3n) is 6.17. The van der Waals surface area contributed by atoms with Gasteiger partial charge in [-0.3, -0.25) is 14.4 Å². The average molecular weight is 488 g/mol. The third-order valence-corrected chi connectivity index (χ3v) is 6.17. The summed E-state index contributed by atoms with van der Waals surface area (Å²) < 4.78 is 4.94. The highest BCUT2D eigenvalue weighted by molar-refractivity contribution is 6.04. The number of amides is 1. The summed E-state index contributed by atoms with van der Waals surface area (Å²) >= 11 is 0. The Kier molecular flexibility index (Phi) is 9.95. The maximum atomic E-state index is 12.6. The molecule has 0 fully saturated rings. The predicted octanol–water partition coefficient (Wildman–Crippen LogP) is 6.26. The van der Waals surface area contributed by atoms with E-state index < -0.39 is 11.9 Å². The number of carbonyl (C=O) groups is 3. The highest BCUT2D eigenvalue weighted by Crippen LogP contribution is 2.23. The van der Waals surface area contributed by atoms with Crippen LogP contribution in [0.4, 0.5) is 5.69 Å². The standard InChI is InChI=1S/C30H33NO5/c1-3-4-5-21-6-8-25(9-7-21)29(33)31-27-16-14-23(15-17-27)22-10-12-24(13-11-22)28(32)20-26(30(34)35)18-19-36-2/h6-17,26H,3-5,18-20H2,1-2H3,(H,31,33)(H,34,35). The summed E-state index contributed by atoms with van der Waals surface area (Å²) in [5.41, 5.74) is 4.88. The van der Waals surface area contributed by atoms with Gasteiger partial charge in [-0.2, -0.15) is 0 Å². The molecule has 6 heteroatoms. The van der Waals surface area contributed by atoms with Gasteiger partial charge in [0.1, 0.15) is 0 Å². The molecule has 6 nitrogen and oxygen atoms in total. The van der Waals surface area contributed by atoms with Gasteiger partial charge in [0, 0.05) is 37.0 Å². The molecule has 2 N–H and O–H groups in total. The van der Waals surface area contributed by atoms with Crippen LogP contribution in [-0.2, 0) is 16.0 Å². The Morgan fingerprint density at radius 2 is 1.44 bits per heavy atom. The molecule has 3 aromatic rings. The van der Waals surface area contributed by atoms with Gasteiger partial charge < -0.3 is 15.2 Å². The Morgan fingerprint density at radius 3 is 2.00 bits per heavy atom. The monoisotopic (exact) mass is 487 g/mol. The Labute approximate surface area is 212 Å². The van der Waals surface area contributed by atoms with Crippen LogP contribution >= 0.6 is 0 Å². The average Bonchev–Trinajstić information content (AvgIpc) is 2.90. The molecule has 3 rings (SSSR count). The number of unbranched alkanes of at least 4 members (excludes halogenated alkanes) is 1. The van der Waals surface area contributed by atoms with Crippen molar-refractivity contribution in [1.29, 1.82) is 0 Å². The molecule has 0 aliphatic heterocycles. The summed E-state index contributed by atoms with van der Waals surface area (Å²) in [6.07, 6.45) is 3.53. The molecule has 1 unspecified atom stereocenters. The second kappa shape index (κ2) is 13.4. The quantitative estimate of drug-likeness (QED) is 0.278. The van der Waals surface area contributed by atoms with E-state index in [4.69, 9.17) is 4.74 Å². The van der Waals surface area contributed by atoms with Crippen LogP contribution in [0.25, 0.3) is 11.1 Å². The van der Waals surface area contributed by atoms with Crippen molar-refractivity contribution in [2.24, 2.45) is 5.92 Å². The second-order valence-corrected chi connectivity index (χ2v) is 8.85. The zero-order valence-electron chi connectivity index (χ0n) is 20.8. The molecule has 0 aliphatic carbocycles. The second-order valence-electron chi connectivity index (χ2n) is 8.85. The summed E-state index contributed by atoms with van der Waals surface area (Å²) in [4.78, 5) is 36.5. The first-order valence-corrected chi connectivity index (χ1v) is 12.3. The first kappa shape index (κ1) is 26.8. The van der Waals surface area contributed by atoms with Crippen LogP contribution in [0.15, 0.2) is 72.8 Å². The van der Waals surface area contributed by atoms with Gasteiger partial charge in [-0.15, -0.1) is 0 Å². The zero-order chi connectivity index (χ0) is 25.9. The van der Waals surface area contributed by atoms with Crippen molar-refractivity contribution < 1.29 is 24.2 Å². The van der Waals surface area contributed by atoms with Crippen molar-refractivity contribution in [1.82, 2.24) is 0 Å². The van der Waals surface area contributed by atoms with E-state index in [1.807, 2.05) is 60.7 Å². The number of aliphatic carboxylic acids is 1. The fraction of sp³-hybridized carbons (Fsp3) is 0.300. The number of rotatable bonds is 13. The van der Waals surface area contributed by atoms with E-state index in [0.29, 0.717) is 29.8 Å². The number of carbonyl (C=O) groups excluding carboxylic acids is 2. The van der Waals surface area contributed by atoms with Gasteiger partial charge in [0.25, 0.3) is 5.91 Å². The molecule has 0 aromatic heterocycles. The largest absolute Gasteiger partial charge is 0.481 e. The van der Waals surface area contributed by atoms with Crippen molar-refractivity contribution in [2.45, 2.75) is 39.0 Å². The zero-order valence-corrected chi connectivity index (χ0v) is 20.8. The fourth-order valence-electron chi connectivity index (χ4n) is 3.92. The van der Waals surface area contributed by atoms with Gasteiger partial charge in [0.2, 0.25) is 0 Å². The van der Waals surface area contributed by atoms with Crippen molar-refractivity contribution in [2.75, 3.05) is 19.0 Å². The Bertz CT molecular complexity index is 1150. The predicted molar refractivity (Wildman–Crippen MR) is 141 cm³/mol. The molecule has 0 heterocycles. The summed E-state index contributed by atoms with van der Waals surface area (Å²) in [7, 11) is 1.51. The number of hydrogen-bond acceptors (Lipinski definition) is 4. The van der Waals surface area contributed by atoms with E-state index in [1.165, 1.54) is 12.7 Å². The minimum absolute atomic E-state index is 0.0616. The maximum Gasteiger partial charge on any atom is 0.307 e. The van der Waals surface area contributed by atoms with Crippen LogP contribution < -0.4 is 5.32 Å². The number of methoxy groups -OCH3 is 1.